The van der Waals surface area contributed by atoms with Crippen molar-refractivity contribution in [1.82, 2.24) is 0 Å². The number of aromatic carboxylic acids is 1. The van der Waals surface area contributed by atoms with Crippen LogP contribution >= 0.6 is 11.6 Å². The molecule has 0 aliphatic carbocycles. The van der Waals surface area contributed by atoms with Crippen molar-refractivity contribution in [2.24, 2.45) is 0 Å². The summed E-state index contributed by atoms with van der Waals surface area (Å²) in [7, 11) is 1.60. The Hall–Kier alpha value is -3.57. The van der Waals surface area contributed by atoms with Crippen molar-refractivity contribution in [3.05, 3.63) is 101 Å². The minimum Gasteiger partial charge on any atom is -0.497 e. The summed E-state index contributed by atoms with van der Waals surface area (Å²) < 4.78 is 5.14. The van der Waals surface area contributed by atoms with Crippen LogP contribution in [0.1, 0.15) is 33.9 Å². The van der Waals surface area contributed by atoms with E-state index in [1.807, 2.05) is 36.4 Å². The van der Waals surface area contributed by atoms with E-state index >= 15 is 0 Å². The Bertz CT molecular complexity index is 1060. The predicted octanol–water partition coefficient (Wildman–Crippen LogP) is 5.87. The number of halogens is 1. The Labute approximate surface area is 185 Å². The molecule has 31 heavy (non-hydrogen) atoms. The highest BCUT2D eigenvalue weighted by Crippen LogP contribution is 2.25. The van der Waals surface area contributed by atoms with Gasteiger partial charge in [0.1, 0.15) is 5.75 Å². The van der Waals surface area contributed by atoms with E-state index in [-0.39, 0.29) is 23.8 Å². The topological polar surface area (TPSA) is 75.6 Å². The zero-order valence-corrected chi connectivity index (χ0v) is 17.7. The van der Waals surface area contributed by atoms with E-state index in [1.165, 1.54) is 12.1 Å². The third-order valence-corrected chi connectivity index (χ3v) is 4.98. The van der Waals surface area contributed by atoms with Crippen molar-refractivity contribution >= 4 is 35.1 Å². The molecule has 0 amide bonds. The molecule has 0 aliphatic heterocycles. The second kappa shape index (κ2) is 10.5. The van der Waals surface area contributed by atoms with Crippen LogP contribution in [0, 0.1) is 0 Å². The van der Waals surface area contributed by atoms with Crippen molar-refractivity contribution in [1.29, 1.82) is 0 Å². The van der Waals surface area contributed by atoms with Gasteiger partial charge in [-0.3, -0.25) is 4.79 Å². The molecule has 6 heteroatoms. The number of rotatable bonds is 9. The summed E-state index contributed by atoms with van der Waals surface area (Å²) >= 11 is 6.01. The number of benzene rings is 3. The molecule has 0 heterocycles. The van der Waals surface area contributed by atoms with Crippen molar-refractivity contribution in [3.8, 4) is 5.75 Å². The fourth-order valence-corrected chi connectivity index (χ4v) is 3.16. The number of anilines is 1. The van der Waals surface area contributed by atoms with Crippen LogP contribution in [0.5, 0.6) is 5.75 Å². The van der Waals surface area contributed by atoms with Gasteiger partial charge >= 0.3 is 5.97 Å². The number of carbonyl (C=O) groups excluding carboxylic acids is 1. The third kappa shape index (κ3) is 6.46. The molecule has 0 spiro atoms. The SMILES string of the molecule is COc1ccc(C=CC(=O)CC(Nc2ccc(C(=O)O)cc2)c2ccc(Cl)cc2)cc1. The van der Waals surface area contributed by atoms with Crippen molar-refractivity contribution in [3.63, 3.8) is 0 Å². The van der Waals surface area contributed by atoms with Gasteiger partial charge in [-0.05, 0) is 65.7 Å². The summed E-state index contributed by atoms with van der Waals surface area (Å²) in [6.07, 6.45) is 3.54. The van der Waals surface area contributed by atoms with Gasteiger partial charge in [-0.25, -0.2) is 4.79 Å². The number of allylic oxidation sites excluding steroid dienone is 1. The maximum absolute atomic E-state index is 12.7. The smallest absolute Gasteiger partial charge is 0.335 e. The van der Waals surface area contributed by atoms with E-state index in [9.17, 15) is 9.59 Å². The van der Waals surface area contributed by atoms with Crippen LogP contribution in [0.25, 0.3) is 6.08 Å². The molecule has 3 rings (SSSR count). The fraction of sp³-hybridized carbons (Fsp3) is 0.120. The van der Waals surface area contributed by atoms with Gasteiger partial charge in [-0.1, -0.05) is 41.9 Å². The lowest BCUT2D eigenvalue weighted by molar-refractivity contribution is -0.114. The van der Waals surface area contributed by atoms with E-state index < -0.39 is 5.97 Å². The average molecular weight is 436 g/mol. The summed E-state index contributed by atoms with van der Waals surface area (Å²) in [6.45, 7) is 0. The number of carbonyl (C=O) groups is 2. The molecule has 1 unspecified atom stereocenters. The highest BCUT2D eigenvalue weighted by Gasteiger charge is 2.15. The van der Waals surface area contributed by atoms with Crippen LogP contribution in [0.4, 0.5) is 5.69 Å². The average Bonchev–Trinajstić information content (AvgIpc) is 2.78. The van der Waals surface area contributed by atoms with Gasteiger partial charge in [0.05, 0.1) is 18.7 Å². The molecule has 5 nitrogen and oxygen atoms in total. The normalized spacial score (nSPS) is 11.8. The Morgan fingerprint density at radius 1 is 1.00 bits per heavy atom. The van der Waals surface area contributed by atoms with Crippen LogP contribution in [-0.4, -0.2) is 24.0 Å². The second-order valence-electron chi connectivity index (χ2n) is 6.91. The Balaban J connectivity index is 1.75. The van der Waals surface area contributed by atoms with Crippen LogP contribution < -0.4 is 10.1 Å². The van der Waals surface area contributed by atoms with Crippen LogP contribution in [0.15, 0.2) is 78.9 Å². The van der Waals surface area contributed by atoms with Gasteiger partial charge in [0.2, 0.25) is 0 Å². The quantitative estimate of drug-likeness (QED) is 0.411. The Morgan fingerprint density at radius 2 is 1.65 bits per heavy atom. The van der Waals surface area contributed by atoms with Gasteiger partial charge in [-0.15, -0.1) is 0 Å². The Morgan fingerprint density at radius 3 is 2.23 bits per heavy atom. The van der Waals surface area contributed by atoms with Gasteiger partial charge in [0.15, 0.2) is 5.78 Å². The molecule has 3 aromatic rings. The predicted molar refractivity (Wildman–Crippen MR) is 123 cm³/mol. The molecule has 3 aromatic carbocycles. The van der Waals surface area contributed by atoms with E-state index in [2.05, 4.69) is 5.32 Å². The number of carboxylic acids is 1. The number of nitrogens with one attached hydrogen (secondary N) is 1. The second-order valence-corrected chi connectivity index (χ2v) is 7.34. The number of ether oxygens (including phenoxy) is 1. The first-order chi connectivity index (χ1) is 14.9. The van der Waals surface area contributed by atoms with E-state index in [0.29, 0.717) is 5.02 Å². The largest absolute Gasteiger partial charge is 0.497 e. The molecule has 0 fully saturated rings. The molecular formula is C25H22ClNO4. The van der Waals surface area contributed by atoms with Crippen molar-refractivity contribution < 1.29 is 19.4 Å². The Kier molecular flexibility index (Phi) is 7.46. The van der Waals surface area contributed by atoms with E-state index in [4.69, 9.17) is 21.4 Å². The first-order valence-electron chi connectivity index (χ1n) is 9.65. The lowest BCUT2D eigenvalue weighted by atomic mass is 10.00. The fourth-order valence-electron chi connectivity index (χ4n) is 3.03. The first kappa shape index (κ1) is 22.1. The summed E-state index contributed by atoms with van der Waals surface area (Å²) in [4.78, 5) is 23.7. The highest BCUT2D eigenvalue weighted by molar-refractivity contribution is 6.30. The monoisotopic (exact) mass is 435 g/mol. The van der Waals surface area contributed by atoms with Gasteiger partial charge in [-0.2, -0.15) is 0 Å². The standard InChI is InChI=1S/C25H22ClNO4/c1-31-23-14-3-17(4-15-23)2-13-22(28)16-24(18-5-9-20(26)10-6-18)27-21-11-7-19(8-12-21)25(29)30/h2-15,24,27H,16H2,1H3,(H,29,30). The minimum atomic E-state index is -0.986. The molecule has 158 valence electrons. The lowest BCUT2D eigenvalue weighted by Crippen LogP contribution is -2.14. The third-order valence-electron chi connectivity index (χ3n) is 4.73. The number of methoxy groups -OCH3 is 1. The van der Waals surface area contributed by atoms with Crippen molar-refractivity contribution in [2.75, 3.05) is 12.4 Å². The van der Waals surface area contributed by atoms with Crippen LogP contribution in [0.3, 0.4) is 0 Å². The summed E-state index contributed by atoms with van der Waals surface area (Å²) in [6, 6.07) is 20.8. The molecule has 0 radical (unpaired) electrons. The number of ketones is 1. The maximum Gasteiger partial charge on any atom is 0.335 e. The molecule has 0 aliphatic rings. The van der Waals surface area contributed by atoms with Crippen LogP contribution in [-0.2, 0) is 4.79 Å². The number of carboxylic acid groups (broad SMARTS) is 1. The van der Waals surface area contributed by atoms with Gasteiger partial charge in [0, 0.05) is 17.1 Å². The number of hydrogen-bond acceptors (Lipinski definition) is 4. The maximum atomic E-state index is 12.7. The zero-order chi connectivity index (χ0) is 22.2. The molecular weight excluding hydrogens is 414 g/mol. The summed E-state index contributed by atoms with van der Waals surface area (Å²) in [5.74, 6) is -0.283. The molecule has 1 atom stereocenters. The van der Waals surface area contributed by atoms with Crippen LogP contribution in [0.2, 0.25) is 5.02 Å². The van der Waals surface area contributed by atoms with Crippen molar-refractivity contribution in [2.45, 2.75) is 12.5 Å². The minimum absolute atomic E-state index is 0.0505. The molecule has 2 N–H and O–H groups in total. The van der Waals surface area contributed by atoms with E-state index in [1.54, 1.807) is 43.5 Å². The zero-order valence-electron chi connectivity index (χ0n) is 16.9. The molecule has 0 bridgehead atoms. The van der Waals surface area contributed by atoms with Gasteiger partial charge in [0.25, 0.3) is 0 Å². The molecule has 0 aromatic heterocycles. The van der Waals surface area contributed by atoms with Gasteiger partial charge < -0.3 is 15.2 Å². The lowest BCUT2D eigenvalue weighted by Gasteiger charge is -2.20. The summed E-state index contributed by atoms with van der Waals surface area (Å²) in [5.41, 5.74) is 2.72. The highest BCUT2D eigenvalue weighted by atomic mass is 35.5. The number of hydrogen-bond donors (Lipinski definition) is 2. The van der Waals surface area contributed by atoms with E-state index in [0.717, 1.165) is 22.6 Å². The first-order valence-corrected chi connectivity index (χ1v) is 10.0. The molecule has 0 saturated heterocycles. The summed E-state index contributed by atoms with van der Waals surface area (Å²) in [5, 5.41) is 13.0. The molecule has 0 saturated carbocycles.